The van der Waals surface area contributed by atoms with E-state index >= 15 is 0 Å². The van der Waals surface area contributed by atoms with Crippen LogP contribution in [0.2, 0.25) is 0 Å². The van der Waals surface area contributed by atoms with Crippen LogP contribution in [0.5, 0.6) is 5.75 Å². The summed E-state index contributed by atoms with van der Waals surface area (Å²) in [7, 11) is 1.94. The molecule has 2 heteroatoms. The molecule has 1 N–H and O–H groups in total. The van der Waals surface area contributed by atoms with Crippen molar-refractivity contribution in [3.8, 4) is 5.75 Å². The first-order valence-electron chi connectivity index (χ1n) is 6.78. The molecule has 2 rings (SSSR count). The molecule has 2 nitrogen and oxygen atoms in total. The first-order valence-corrected chi connectivity index (χ1v) is 6.78. The van der Waals surface area contributed by atoms with Crippen molar-refractivity contribution in [3.05, 3.63) is 65.7 Å². The van der Waals surface area contributed by atoms with Crippen molar-refractivity contribution in [3.63, 3.8) is 0 Å². The van der Waals surface area contributed by atoms with Crippen LogP contribution in [0, 0.1) is 0 Å². The van der Waals surface area contributed by atoms with Gasteiger partial charge in [0.15, 0.2) is 0 Å². The maximum absolute atomic E-state index is 6.08. The molecule has 0 bridgehead atoms. The molecule has 0 fully saturated rings. The SMILES string of the molecule is CCc1ccc(OC(CNC)c2ccccc2)cc1. The second-order valence-corrected chi connectivity index (χ2v) is 4.57. The van der Waals surface area contributed by atoms with Gasteiger partial charge in [-0.15, -0.1) is 0 Å². The van der Waals surface area contributed by atoms with E-state index in [9.17, 15) is 0 Å². The van der Waals surface area contributed by atoms with Crippen molar-refractivity contribution in [2.24, 2.45) is 0 Å². The molecule has 1 unspecified atom stereocenters. The van der Waals surface area contributed by atoms with Crippen LogP contribution in [0.15, 0.2) is 54.6 Å². The molecular formula is C17H21NO. The van der Waals surface area contributed by atoms with E-state index in [1.165, 1.54) is 11.1 Å². The third-order valence-corrected chi connectivity index (χ3v) is 3.17. The number of benzene rings is 2. The largest absolute Gasteiger partial charge is 0.484 e. The summed E-state index contributed by atoms with van der Waals surface area (Å²) in [5.41, 5.74) is 2.52. The number of rotatable bonds is 6. The minimum Gasteiger partial charge on any atom is -0.484 e. The zero-order chi connectivity index (χ0) is 13.5. The summed E-state index contributed by atoms with van der Waals surface area (Å²) in [6.45, 7) is 2.95. The zero-order valence-corrected chi connectivity index (χ0v) is 11.6. The number of ether oxygens (including phenoxy) is 1. The topological polar surface area (TPSA) is 21.3 Å². The highest BCUT2D eigenvalue weighted by atomic mass is 16.5. The molecule has 2 aromatic rings. The van der Waals surface area contributed by atoms with Crippen molar-refractivity contribution in [1.82, 2.24) is 5.32 Å². The van der Waals surface area contributed by atoms with Crippen molar-refractivity contribution in [2.45, 2.75) is 19.4 Å². The Morgan fingerprint density at radius 3 is 2.26 bits per heavy atom. The average molecular weight is 255 g/mol. The van der Waals surface area contributed by atoms with Gasteiger partial charge >= 0.3 is 0 Å². The number of likely N-dealkylation sites (N-methyl/N-ethyl adjacent to an activating group) is 1. The predicted octanol–water partition coefficient (Wildman–Crippen LogP) is 3.59. The number of hydrogen-bond acceptors (Lipinski definition) is 2. The van der Waals surface area contributed by atoms with Gasteiger partial charge in [-0.2, -0.15) is 0 Å². The molecule has 0 amide bonds. The minimum absolute atomic E-state index is 0.0404. The Hall–Kier alpha value is -1.80. The van der Waals surface area contributed by atoms with Crippen LogP contribution >= 0.6 is 0 Å². The summed E-state index contributed by atoms with van der Waals surface area (Å²) in [6, 6.07) is 18.6. The number of aryl methyl sites for hydroxylation is 1. The van der Waals surface area contributed by atoms with E-state index in [1.54, 1.807) is 0 Å². The standard InChI is InChI=1S/C17H21NO/c1-3-14-9-11-16(12-10-14)19-17(13-18-2)15-7-5-4-6-8-15/h4-12,17-18H,3,13H2,1-2H3. The molecule has 100 valence electrons. The Labute approximate surface area is 115 Å². The fourth-order valence-corrected chi connectivity index (χ4v) is 2.05. The van der Waals surface area contributed by atoms with Crippen LogP contribution in [-0.4, -0.2) is 13.6 Å². The molecule has 2 aromatic carbocycles. The van der Waals surface area contributed by atoms with Gasteiger partial charge in [0.05, 0.1) is 0 Å². The number of hydrogen-bond donors (Lipinski definition) is 1. The van der Waals surface area contributed by atoms with Crippen LogP contribution in [0.25, 0.3) is 0 Å². The molecule has 0 heterocycles. The predicted molar refractivity (Wildman–Crippen MR) is 79.6 cm³/mol. The maximum Gasteiger partial charge on any atom is 0.136 e. The summed E-state index contributed by atoms with van der Waals surface area (Å²) in [5.74, 6) is 0.918. The average Bonchev–Trinajstić information content (AvgIpc) is 2.48. The lowest BCUT2D eigenvalue weighted by Gasteiger charge is -2.19. The van der Waals surface area contributed by atoms with E-state index in [4.69, 9.17) is 4.74 Å². The zero-order valence-electron chi connectivity index (χ0n) is 11.6. The van der Waals surface area contributed by atoms with Gasteiger partial charge in [0.1, 0.15) is 11.9 Å². The molecule has 19 heavy (non-hydrogen) atoms. The molecule has 0 saturated carbocycles. The van der Waals surface area contributed by atoms with E-state index in [2.05, 4.69) is 36.5 Å². The summed E-state index contributed by atoms with van der Waals surface area (Å²) >= 11 is 0. The van der Waals surface area contributed by atoms with E-state index in [0.29, 0.717) is 0 Å². The van der Waals surface area contributed by atoms with E-state index in [1.807, 2.05) is 37.4 Å². The summed E-state index contributed by atoms with van der Waals surface area (Å²) < 4.78 is 6.08. The molecule has 0 aliphatic carbocycles. The Bertz CT molecular complexity index is 478. The Morgan fingerprint density at radius 1 is 1.00 bits per heavy atom. The minimum atomic E-state index is 0.0404. The Balaban J connectivity index is 2.11. The highest BCUT2D eigenvalue weighted by Crippen LogP contribution is 2.22. The fraction of sp³-hybridized carbons (Fsp3) is 0.294. The van der Waals surface area contributed by atoms with Crippen LogP contribution < -0.4 is 10.1 Å². The first kappa shape index (κ1) is 13.6. The molecule has 0 aliphatic heterocycles. The molecule has 0 spiro atoms. The quantitative estimate of drug-likeness (QED) is 0.851. The highest BCUT2D eigenvalue weighted by molar-refractivity contribution is 5.28. The molecule has 1 atom stereocenters. The second kappa shape index (κ2) is 6.95. The normalized spacial score (nSPS) is 12.1. The van der Waals surface area contributed by atoms with Gasteiger partial charge in [-0.25, -0.2) is 0 Å². The Kier molecular flexibility index (Phi) is 4.99. The lowest BCUT2D eigenvalue weighted by atomic mass is 10.1. The Morgan fingerprint density at radius 2 is 1.68 bits per heavy atom. The van der Waals surface area contributed by atoms with Crippen LogP contribution in [0.4, 0.5) is 0 Å². The van der Waals surface area contributed by atoms with Gasteiger partial charge in [-0.3, -0.25) is 0 Å². The van der Waals surface area contributed by atoms with Crippen molar-refractivity contribution in [2.75, 3.05) is 13.6 Å². The summed E-state index contributed by atoms with van der Waals surface area (Å²) in [4.78, 5) is 0. The van der Waals surface area contributed by atoms with Gasteiger partial charge in [0.25, 0.3) is 0 Å². The van der Waals surface area contributed by atoms with Crippen LogP contribution in [-0.2, 0) is 6.42 Å². The van der Waals surface area contributed by atoms with Gasteiger partial charge in [-0.1, -0.05) is 49.4 Å². The third kappa shape index (κ3) is 3.83. The number of nitrogens with one attached hydrogen (secondary N) is 1. The van der Waals surface area contributed by atoms with Gasteiger partial charge in [-0.05, 0) is 36.7 Å². The third-order valence-electron chi connectivity index (χ3n) is 3.17. The van der Waals surface area contributed by atoms with Gasteiger partial charge < -0.3 is 10.1 Å². The van der Waals surface area contributed by atoms with Gasteiger partial charge in [0, 0.05) is 6.54 Å². The van der Waals surface area contributed by atoms with Crippen molar-refractivity contribution in [1.29, 1.82) is 0 Å². The van der Waals surface area contributed by atoms with Crippen LogP contribution in [0.1, 0.15) is 24.2 Å². The van der Waals surface area contributed by atoms with Gasteiger partial charge in [0.2, 0.25) is 0 Å². The fourth-order valence-electron chi connectivity index (χ4n) is 2.05. The van der Waals surface area contributed by atoms with Crippen LogP contribution in [0.3, 0.4) is 0 Å². The second-order valence-electron chi connectivity index (χ2n) is 4.57. The molecular weight excluding hydrogens is 234 g/mol. The van der Waals surface area contributed by atoms with Crippen molar-refractivity contribution < 1.29 is 4.74 Å². The lowest BCUT2D eigenvalue weighted by molar-refractivity contribution is 0.205. The first-order chi connectivity index (χ1) is 9.33. The smallest absolute Gasteiger partial charge is 0.136 e. The molecule has 0 aliphatic rings. The summed E-state index contributed by atoms with van der Waals surface area (Å²) in [6.07, 6.45) is 1.09. The van der Waals surface area contributed by atoms with E-state index in [-0.39, 0.29) is 6.10 Å². The summed E-state index contributed by atoms with van der Waals surface area (Å²) in [5, 5.41) is 3.18. The maximum atomic E-state index is 6.08. The van der Waals surface area contributed by atoms with E-state index < -0.39 is 0 Å². The van der Waals surface area contributed by atoms with E-state index in [0.717, 1.165) is 18.7 Å². The molecule has 0 saturated heterocycles. The molecule has 0 radical (unpaired) electrons. The lowest BCUT2D eigenvalue weighted by Crippen LogP contribution is -2.21. The highest BCUT2D eigenvalue weighted by Gasteiger charge is 2.11. The van der Waals surface area contributed by atoms with Crippen molar-refractivity contribution >= 4 is 0 Å². The monoisotopic (exact) mass is 255 g/mol. The molecule has 0 aromatic heterocycles.